The molecule has 0 fully saturated rings. The molecule has 0 unspecified atom stereocenters. The molecule has 0 saturated carbocycles. The molecule has 1 N–H and O–H groups in total. The highest BCUT2D eigenvalue weighted by atomic mass is 16.2. The van der Waals surface area contributed by atoms with Crippen LogP contribution in [0, 0.1) is 13.8 Å². The lowest BCUT2D eigenvalue weighted by molar-refractivity contribution is 0.0983. The van der Waals surface area contributed by atoms with Gasteiger partial charge in [0.15, 0.2) is 11.5 Å². The summed E-state index contributed by atoms with van der Waals surface area (Å²) in [5.41, 5.74) is 5.86. The van der Waals surface area contributed by atoms with E-state index in [0.717, 1.165) is 23.4 Å². The second-order valence-electron chi connectivity index (χ2n) is 6.58. The third kappa shape index (κ3) is 3.04. The Hall–Kier alpha value is -3.21. The third-order valence-corrected chi connectivity index (χ3v) is 4.66. The normalized spacial score (nSPS) is 12.8. The molecule has 0 bridgehead atoms. The number of fused-ring (bicyclic) bond motifs is 1. The smallest absolute Gasteiger partial charge is 0.278 e. The number of benzene rings is 2. The number of amides is 1. The number of nitrogens with zero attached hydrogens (tertiary/aromatic N) is 3. The maximum absolute atomic E-state index is 12.8. The van der Waals surface area contributed by atoms with Gasteiger partial charge in [-0.15, -0.1) is 10.2 Å². The van der Waals surface area contributed by atoms with Crippen LogP contribution < -0.4 is 10.2 Å². The lowest BCUT2D eigenvalue weighted by Crippen LogP contribution is -2.29. The molecule has 3 aromatic rings. The van der Waals surface area contributed by atoms with Gasteiger partial charge < -0.3 is 10.2 Å². The number of rotatable bonds is 3. The zero-order valence-electron chi connectivity index (χ0n) is 14.9. The van der Waals surface area contributed by atoms with Gasteiger partial charge in [-0.25, -0.2) is 0 Å². The van der Waals surface area contributed by atoms with Crippen LogP contribution in [0.5, 0.6) is 0 Å². The van der Waals surface area contributed by atoms with Crippen molar-refractivity contribution in [1.29, 1.82) is 0 Å². The molecular weight excluding hydrogens is 324 g/mol. The van der Waals surface area contributed by atoms with Gasteiger partial charge >= 0.3 is 0 Å². The van der Waals surface area contributed by atoms with Gasteiger partial charge in [0.2, 0.25) is 0 Å². The predicted molar refractivity (Wildman–Crippen MR) is 103 cm³/mol. The van der Waals surface area contributed by atoms with Crippen molar-refractivity contribution in [3.05, 3.63) is 77.0 Å². The number of aromatic nitrogens is 2. The molecule has 2 heterocycles. The largest absolute Gasteiger partial charge is 0.339 e. The van der Waals surface area contributed by atoms with Crippen molar-refractivity contribution in [2.24, 2.45) is 0 Å². The van der Waals surface area contributed by atoms with Crippen LogP contribution in [0.3, 0.4) is 0 Å². The van der Waals surface area contributed by atoms with E-state index >= 15 is 0 Å². The molecule has 0 radical (unpaired) electrons. The number of nitrogens with one attached hydrogen (secondary N) is 1. The van der Waals surface area contributed by atoms with Crippen molar-refractivity contribution < 1.29 is 4.79 Å². The zero-order chi connectivity index (χ0) is 18.1. The summed E-state index contributed by atoms with van der Waals surface area (Å²) in [6.07, 6.45) is 0.877. The van der Waals surface area contributed by atoms with Crippen LogP contribution in [-0.4, -0.2) is 22.6 Å². The van der Waals surface area contributed by atoms with Crippen molar-refractivity contribution >= 4 is 23.1 Å². The van der Waals surface area contributed by atoms with Gasteiger partial charge in [-0.1, -0.05) is 35.9 Å². The maximum atomic E-state index is 12.8. The fraction of sp³-hybridized carbons (Fsp3) is 0.190. The summed E-state index contributed by atoms with van der Waals surface area (Å²) in [6.45, 7) is 4.79. The van der Waals surface area contributed by atoms with Gasteiger partial charge in [-0.3, -0.25) is 4.79 Å². The van der Waals surface area contributed by atoms with Crippen LogP contribution in [-0.2, 0) is 6.42 Å². The summed E-state index contributed by atoms with van der Waals surface area (Å²) in [7, 11) is 0. The minimum absolute atomic E-state index is 0.111. The maximum Gasteiger partial charge on any atom is 0.278 e. The first kappa shape index (κ1) is 16.3. The minimum atomic E-state index is -0.111. The average molecular weight is 344 g/mol. The summed E-state index contributed by atoms with van der Waals surface area (Å²) in [4.78, 5) is 14.5. The summed E-state index contributed by atoms with van der Waals surface area (Å²) >= 11 is 0. The zero-order valence-corrected chi connectivity index (χ0v) is 14.9. The second kappa shape index (κ2) is 6.59. The van der Waals surface area contributed by atoms with Gasteiger partial charge in [-0.05, 0) is 55.7 Å². The SMILES string of the molecule is Cc1ccc(Nc2ccc(C(=O)N3CCc4ccccc43)nn2)c(C)c1. The number of aryl methyl sites for hydroxylation is 2. The van der Waals surface area contributed by atoms with Crippen LogP contribution in [0.15, 0.2) is 54.6 Å². The Morgan fingerprint density at radius 3 is 2.65 bits per heavy atom. The lowest BCUT2D eigenvalue weighted by Gasteiger charge is -2.16. The molecule has 0 atom stereocenters. The first-order valence-corrected chi connectivity index (χ1v) is 8.69. The van der Waals surface area contributed by atoms with Gasteiger partial charge in [-0.2, -0.15) is 0 Å². The van der Waals surface area contributed by atoms with E-state index in [1.54, 1.807) is 17.0 Å². The number of hydrogen-bond donors (Lipinski definition) is 1. The van der Waals surface area contributed by atoms with E-state index in [1.165, 1.54) is 11.1 Å². The van der Waals surface area contributed by atoms with E-state index in [-0.39, 0.29) is 5.91 Å². The summed E-state index contributed by atoms with van der Waals surface area (Å²) in [6, 6.07) is 17.7. The van der Waals surface area contributed by atoms with E-state index in [4.69, 9.17) is 0 Å². The van der Waals surface area contributed by atoms with E-state index < -0.39 is 0 Å². The quantitative estimate of drug-likeness (QED) is 0.779. The number of carbonyl (C=O) groups excluding carboxylic acids is 1. The standard InChI is InChI=1S/C21H20N4O/c1-14-7-8-17(15(2)13-14)22-20-10-9-18(23-24-20)21(26)25-12-11-16-5-3-4-6-19(16)25/h3-10,13H,11-12H2,1-2H3,(H,22,24). The van der Waals surface area contributed by atoms with Crippen LogP contribution in [0.2, 0.25) is 0 Å². The molecule has 0 spiro atoms. The van der Waals surface area contributed by atoms with Crippen molar-refractivity contribution in [2.45, 2.75) is 20.3 Å². The molecule has 0 aliphatic carbocycles. The van der Waals surface area contributed by atoms with Gasteiger partial charge in [0, 0.05) is 17.9 Å². The Bertz CT molecular complexity index is 966. The second-order valence-corrected chi connectivity index (χ2v) is 6.58. The molecule has 4 rings (SSSR count). The first-order valence-electron chi connectivity index (χ1n) is 8.69. The van der Waals surface area contributed by atoms with Gasteiger partial charge in [0.05, 0.1) is 0 Å². The van der Waals surface area contributed by atoms with Crippen LogP contribution in [0.1, 0.15) is 27.2 Å². The number of para-hydroxylation sites is 1. The van der Waals surface area contributed by atoms with Crippen LogP contribution >= 0.6 is 0 Å². The summed E-state index contributed by atoms with van der Waals surface area (Å²) in [5.74, 6) is 0.510. The monoisotopic (exact) mass is 344 g/mol. The highest BCUT2D eigenvalue weighted by Gasteiger charge is 2.26. The van der Waals surface area contributed by atoms with E-state index in [2.05, 4.69) is 34.6 Å². The molecule has 1 aliphatic heterocycles. The van der Waals surface area contributed by atoms with Crippen molar-refractivity contribution in [3.63, 3.8) is 0 Å². The van der Waals surface area contributed by atoms with E-state index in [9.17, 15) is 4.79 Å². The lowest BCUT2D eigenvalue weighted by atomic mass is 10.1. The summed E-state index contributed by atoms with van der Waals surface area (Å²) < 4.78 is 0. The molecular formula is C21H20N4O. The Labute approximate surface area is 152 Å². The number of hydrogen-bond acceptors (Lipinski definition) is 4. The third-order valence-electron chi connectivity index (χ3n) is 4.66. The van der Waals surface area contributed by atoms with Gasteiger partial charge in [0.25, 0.3) is 5.91 Å². The fourth-order valence-corrected chi connectivity index (χ4v) is 3.29. The molecule has 1 aliphatic rings. The van der Waals surface area contributed by atoms with Crippen molar-refractivity contribution in [3.8, 4) is 0 Å². The molecule has 130 valence electrons. The average Bonchev–Trinajstić information content (AvgIpc) is 3.08. The molecule has 26 heavy (non-hydrogen) atoms. The molecule has 5 nitrogen and oxygen atoms in total. The topological polar surface area (TPSA) is 58.1 Å². The molecule has 0 saturated heterocycles. The predicted octanol–water partition coefficient (Wildman–Crippen LogP) is 4.04. The van der Waals surface area contributed by atoms with Crippen LogP contribution in [0.25, 0.3) is 0 Å². The number of carbonyl (C=O) groups is 1. The Morgan fingerprint density at radius 1 is 1.04 bits per heavy atom. The van der Waals surface area contributed by atoms with E-state index in [0.29, 0.717) is 18.1 Å². The van der Waals surface area contributed by atoms with Crippen LogP contribution in [0.4, 0.5) is 17.2 Å². The highest BCUT2D eigenvalue weighted by Crippen LogP contribution is 2.28. The minimum Gasteiger partial charge on any atom is -0.339 e. The Balaban J connectivity index is 1.52. The molecule has 5 heteroatoms. The van der Waals surface area contributed by atoms with Crippen molar-refractivity contribution in [1.82, 2.24) is 10.2 Å². The molecule has 1 amide bonds. The summed E-state index contributed by atoms with van der Waals surface area (Å²) in [5, 5.41) is 11.6. The molecule has 1 aromatic heterocycles. The first-order chi connectivity index (χ1) is 12.6. The molecule has 2 aromatic carbocycles. The van der Waals surface area contributed by atoms with Crippen molar-refractivity contribution in [2.75, 3.05) is 16.8 Å². The number of anilines is 3. The highest BCUT2D eigenvalue weighted by molar-refractivity contribution is 6.06. The Kier molecular flexibility index (Phi) is 4.13. The van der Waals surface area contributed by atoms with E-state index in [1.807, 2.05) is 37.3 Å². The fourth-order valence-electron chi connectivity index (χ4n) is 3.29. The van der Waals surface area contributed by atoms with Gasteiger partial charge in [0.1, 0.15) is 0 Å². The Morgan fingerprint density at radius 2 is 1.88 bits per heavy atom.